The number of benzene rings is 2. The summed E-state index contributed by atoms with van der Waals surface area (Å²) in [6.07, 6.45) is 0.964. The van der Waals surface area contributed by atoms with Crippen LogP contribution in [0.1, 0.15) is 16.7 Å². The summed E-state index contributed by atoms with van der Waals surface area (Å²) in [5.41, 5.74) is 5.20. The number of hydrogen-bond acceptors (Lipinski definition) is 3. The maximum atomic E-state index is 5.52. The molecule has 3 nitrogen and oxygen atoms in total. The minimum atomic E-state index is 0.909. The molecule has 0 atom stereocenters. The third-order valence-electron chi connectivity index (χ3n) is 3.73. The lowest BCUT2D eigenvalue weighted by Gasteiger charge is -2.12. The number of ether oxygens (including phenoxy) is 1. The van der Waals surface area contributed by atoms with E-state index in [9.17, 15) is 0 Å². The molecule has 104 valence electrons. The minimum absolute atomic E-state index is 0.909. The molecule has 20 heavy (non-hydrogen) atoms. The molecule has 3 rings (SSSR count). The van der Waals surface area contributed by atoms with Crippen LogP contribution in [-0.4, -0.2) is 13.7 Å². The van der Waals surface area contributed by atoms with Crippen LogP contribution in [0, 0.1) is 0 Å². The smallest absolute Gasteiger partial charge is 0.122 e. The standard InChI is InChI=1S/C17H20N2O/c1-20-17-10-15-12-18-11-14(15)9-13(17)7-8-19-16-5-3-2-4-6-16/h2-6,9-10,18-19H,7-8,11-12H2,1H3. The molecule has 0 aromatic heterocycles. The summed E-state index contributed by atoms with van der Waals surface area (Å²) in [4.78, 5) is 0. The first-order chi connectivity index (χ1) is 9.86. The predicted molar refractivity (Wildman–Crippen MR) is 82.2 cm³/mol. The van der Waals surface area contributed by atoms with E-state index in [0.717, 1.165) is 37.5 Å². The molecule has 0 unspecified atom stereocenters. The highest BCUT2D eigenvalue weighted by Crippen LogP contribution is 2.27. The van der Waals surface area contributed by atoms with E-state index >= 15 is 0 Å². The van der Waals surface area contributed by atoms with Gasteiger partial charge < -0.3 is 15.4 Å². The van der Waals surface area contributed by atoms with Crippen LogP contribution in [0.25, 0.3) is 0 Å². The molecule has 0 radical (unpaired) electrons. The van der Waals surface area contributed by atoms with Crippen LogP contribution in [0.2, 0.25) is 0 Å². The van der Waals surface area contributed by atoms with Gasteiger partial charge in [0.15, 0.2) is 0 Å². The second kappa shape index (κ2) is 5.97. The largest absolute Gasteiger partial charge is 0.496 e. The highest BCUT2D eigenvalue weighted by atomic mass is 16.5. The van der Waals surface area contributed by atoms with Gasteiger partial charge in [-0.1, -0.05) is 24.3 Å². The topological polar surface area (TPSA) is 33.3 Å². The van der Waals surface area contributed by atoms with Gasteiger partial charge in [-0.2, -0.15) is 0 Å². The summed E-state index contributed by atoms with van der Waals surface area (Å²) in [7, 11) is 1.75. The number of fused-ring (bicyclic) bond motifs is 1. The van der Waals surface area contributed by atoms with Crippen molar-refractivity contribution in [3.63, 3.8) is 0 Å². The summed E-state index contributed by atoms with van der Waals surface area (Å²) in [5, 5.41) is 6.82. The van der Waals surface area contributed by atoms with Crippen LogP contribution < -0.4 is 15.4 Å². The molecule has 0 aliphatic carbocycles. The minimum Gasteiger partial charge on any atom is -0.496 e. The fourth-order valence-corrected chi connectivity index (χ4v) is 2.66. The van der Waals surface area contributed by atoms with Gasteiger partial charge in [0.2, 0.25) is 0 Å². The third-order valence-corrected chi connectivity index (χ3v) is 3.73. The Hall–Kier alpha value is -2.00. The van der Waals surface area contributed by atoms with Crippen molar-refractivity contribution in [1.29, 1.82) is 0 Å². The number of anilines is 1. The quantitative estimate of drug-likeness (QED) is 0.874. The van der Waals surface area contributed by atoms with Crippen molar-refractivity contribution in [3.05, 3.63) is 59.2 Å². The summed E-state index contributed by atoms with van der Waals surface area (Å²) in [6.45, 7) is 2.83. The van der Waals surface area contributed by atoms with Gasteiger partial charge in [-0.3, -0.25) is 0 Å². The molecule has 2 aromatic rings. The van der Waals surface area contributed by atoms with E-state index in [1.54, 1.807) is 7.11 Å². The van der Waals surface area contributed by atoms with Gasteiger partial charge in [0.1, 0.15) is 5.75 Å². The van der Waals surface area contributed by atoms with Crippen molar-refractivity contribution >= 4 is 5.69 Å². The lowest BCUT2D eigenvalue weighted by Crippen LogP contribution is -2.06. The Balaban J connectivity index is 1.68. The van der Waals surface area contributed by atoms with Crippen molar-refractivity contribution in [3.8, 4) is 5.75 Å². The van der Waals surface area contributed by atoms with Crippen molar-refractivity contribution in [2.45, 2.75) is 19.5 Å². The molecule has 3 heteroatoms. The van der Waals surface area contributed by atoms with E-state index in [4.69, 9.17) is 4.74 Å². The van der Waals surface area contributed by atoms with Gasteiger partial charge in [0.05, 0.1) is 7.11 Å². The molecule has 0 amide bonds. The molecule has 0 bridgehead atoms. The number of para-hydroxylation sites is 1. The predicted octanol–water partition coefficient (Wildman–Crippen LogP) is 2.95. The molecule has 2 aromatic carbocycles. The summed E-state index contributed by atoms with van der Waals surface area (Å²) in [6, 6.07) is 14.7. The molecule has 1 heterocycles. The number of hydrogen-bond donors (Lipinski definition) is 2. The first kappa shape index (κ1) is 13.0. The van der Waals surface area contributed by atoms with Gasteiger partial charge in [-0.15, -0.1) is 0 Å². The maximum Gasteiger partial charge on any atom is 0.122 e. The summed E-state index contributed by atoms with van der Waals surface area (Å²) >= 11 is 0. The lowest BCUT2D eigenvalue weighted by atomic mass is 10.0. The van der Waals surface area contributed by atoms with E-state index in [2.05, 4.69) is 34.9 Å². The second-order valence-corrected chi connectivity index (χ2v) is 5.08. The van der Waals surface area contributed by atoms with Crippen molar-refractivity contribution < 1.29 is 4.74 Å². The van der Waals surface area contributed by atoms with Crippen molar-refractivity contribution in [2.75, 3.05) is 19.0 Å². The summed E-state index contributed by atoms with van der Waals surface area (Å²) in [5.74, 6) is 1.00. The van der Waals surface area contributed by atoms with Crippen LogP contribution in [0.4, 0.5) is 5.69 Å². The van der Waals surface area contributed by atoms with E-state index in [1.807, 2.05) is 18.2 Å². The maximum absolute atomic E-state index is 5.52. The van der Waals surface area contributed by atoms with Gasteiger partial charge in [-0.05, 0) is 41.3 Å². The molecular formula is C17H20N2O. The normalized spacial score (nSPS) is 13.1. The van der Waals surface area contributed by atoms with Crippen LogP contribution in [0.3, 0.4) is 0 Å². The molecule has 0 fully saturated rings. The van der Waals surface area contributed by atoms with Crippen LogP contribution in [0.15, 0.2) is 42.5 Å². The molecule has 0 saturated heterocycles. The van der Waals surface area contributed by atoms with Crippen LogP contribution in [-0.2, 0) is 19.5 Å². The number of nitrogens with one attached hydrogen (secondary N) is 2. The van der Waals surface area contributed by atoms with Gasteiger partial charge >= 0.3 is 0 Å². The fourth-order valence-electron chi connectivity index (χ4n) is 2.66. The van der Waals surface area contributed by atoms with E-state index < -0.39 is 0 Å². The Kier molecular flexibility index (Phi) is 3.88. The average molecular weight is 268 g/mol. The average Bonchev–Trinajstić information content (AvgIpc) is 2.94. The van der Waals surface area contributed by atoms with Gasteiger partial charge in [-0.25, -0.2) is 0 Å². The molecule has 0 spiro atoms. The zero-order chi connectivity index (χ0) is 13.8. The highest BCUT2D eigenvalue weighted by molar-refractivity contribution is 5.46. The Morgan fingerprint density at radius 1 is 1.10 bits per heavy atom. The summed E-state index contributed by atoms with van der Waals surface area (Å²) < 4.78 is 5.52. The second-order valence-electron chi connectivity index (χ2n) is 5.08. The first-order valence-corrected chi connectivity index (χ1v) is 7.05. The van der Waals surface area contributed by atoms with Crippen LogP contribution >= 0.6 is 0 Å². The molecule has 2 N–H and O–H groups in total. The zero-order valence-electron chi connectivity index (χ0n) is 11.8. The van der Waals surface area contributed by atoms with Crippen molar-refractivity contribution in [1.82, 2.24) is 5.32 Å². The zero-order valence-corrected chi connectivity index (χ0v) is 11.8. The van der Waals surface area contributed by atoms with E-state index in [1.165, 1.54) is 16.7 Å². The van der Waals surface area contributed by atoms with E-state index in [0.29, 0.717) is 0 Å². The molecule has 0 saturated carbocycles. The lowest BCUT2D eigenvalue weighted by molar-refractivity contribution is 0.409. The Bertz CT molecular complexity index is 581. The Morgan fingerprint density at radius 2 is 1.85 bits per heavy atom. The monoisotopic (exact) mass is 268 g/mol. The number of methoxy groups -OCH3 is 1. The van der Waals surface area contributed by atoms with Gasteiger partial charge in [0.25, 0.3) is 0 Å². The molecule has 1 aliphatic rings. The third kappa shape index (κ3) is 2.78. The molecule has 1 aliphatic heterocycles. The van der Waals surface area contributed by atoms with Crippen LogP contribution in [0.5, 0.6) is 5.75 Å². The Morgan fingerprint density at radius 3 is 2.60 bits per heavy atom. The number of rotatable bonds is 5. The Labute approximate surface area is 120 Å². The van der Waals surface area contributed by atoms with Gasteiger partial charge in [0, 0.05) is 25.3 Å². The molecular weight excluding hydrogens is 248 g/mol. The van der Waals surface area contributed by atoms with E-state index in [-0.39, 0.29) is 0 Å². The highest BCUT2D eigenvalue weighted by Gasteiger charge is 2.14. The SMILES string of the molecule is COc1cc2c(cc1CCNc1ccccc1)CNC2. The fraction of sp³-hybridized carbons (Fsp3) is 0.294. The first-order valence-electron chi connectivity index (χ1n) is 7.05. The van der Waals surface area contributed by atoms with Crippen molar-refractivity contribution in [2.24, 2.45) is 0 Å².